The van der Waals surface area contributed by atoms with Crippen molar-refractivity contribution in [2.24, 2.45) is 0 Å². The molecule has 1 atom stereocenters. The van der Waals surface area contributed by atoms with Gasteiger partial charge in [-0.15, -0.1) is 0 Å². The fourth-order valence-electron chi connectivity index (χ4n) is 3.96. The molecule has 0 spiro atoms. The molecule has 3 rings (SSSR count). The largest absolute Gasteiger partial charge is 0.378 e. The molecule has 3 heterocycles. The summed E-state index contributed by atoms with van der Waals surface area (Å²) in [6, 6.07) is 0.383. The number of carbonyl (C=O) groups excluding carboxylic acids is 2. The highest BCUT2D eigenvalue weighted by Crippen LogP contribution is 2.17. The molecule has 0 bridgehead atoms. The van der Waals surface area contributed by atoms with Gasteiger partial charge in [0.25, 0.3) is 0 Å². The van der Waals surface area contributed by atoms with E-state index in [1.807, 2.05) is 4.90 Å². The lowest BCUT2D eigenvalue weighted by atomic mass is 10.0. The number of morpholine rings is 1. The maximum absolute atomic E-state index is 12.5. The summed E-state index contributed by atoms with van der Waals surface area (Å²) in [7, 11) is 0. The molecule has 0 N–H and O–H groups in total. The minimum atomic E-state index is 0.204. The Morgan fingerprint density at radius 1 is 0.840 bits per heavy atom. The molecule has 7 nitrogen and oxygen atoms in total. The summed E-state index contributed by atoms with van der Waals surface area (Å²) in [6.45, 7) is 10.3. The monoisotopic (exact) mass is 352 g/mol. The van der Waals surface area contributed by atoms with Crippen molar-refractivity contribution < 1.29 is 14.3 Å². The van der Waals surface area contributed by atoms with Crippen LogP contribution in [0.25, 0.3) is 0 Å². The van der Waals surface area contributed by atoms with E-state index < -0.39 is 0 Å². The Kier molecular flexibility index (Phi) is 6.67. The van der Waals surface area contributed by atoms with Crippen LogP contribution >= 0.6 is 0 Å². The van der Waals surface area contributed by atoms with Crippen molar-refractivity contribution >= 4 is 11.8 Å². The minimum absolute atomic E-state index is 0.204. The van der Waals surface area contributed by atoms with Gasteiger partial charge in [0.15, 0.2) is 0 Å². The molecular weight excluding hydrogens is 320 g/mol. The quantitative estimate of drug-likeness (QED) is 0.705. The second kappa shape index (κ2) is 8.96. The van der Waals surface area contributed by atoms with E-state index in [9.17, 15) is 9.59 Å². The first-order valence-corrected chi connectivity index (χ1v) is 9.73. The summed E-state index contributed by atoms with van der Waals surface area (Å²) in [5, 5.41) is 0. The predicted octanol–water partition coefficient (Wildman–Crippen LogP) is -0.136. The lowest BCUT2D eigenvalue weighted by Crippen LogP contribution is -2.54. The Hall–Kier alpha value is -1.18. The molecule has 3 aliphatic heterocycles. The number of hydrogen-bond donors (Lipinski definition) is 0. The zero-order valence-electron chi connectivity index (χ0n) is 15.5. The van der Waals surface area contributed by atoms with Crippen molar-refractivity contribution in [2.75, 3.05) is 72.1 Å². The van der Waals surface area contributed by atoms with E-state index in [4.69, 9.17) is 4.74 Å². The Morgan fingerprint density at radius 3 is 2.04 bits per heavy atom. The summed E-state index contributed by atoms with van der Waals surface area (Å²) < 4.78 is 5.30. The Labute approximate surface area is 150 Å². The van der Waals surface area contributed by atoms with E-state index in [0.717, 1.165) is 45.6 Å². The van der Waals surface area contributed by atoms with Crippen molar-refractivity contribution in [2.45, 2.75) is 32.2 Å². The zero-order valence-corrected chi connectivity index (χ0v) is 15.5. The predicted molar refractivity (Wildman–Crippen MR) is 95.3 cm³/mol. The number of carbonyl (C=O) groups is 2. The average Bonchev–Trinajstić information content (AvgIpc) is 2.64. The number of hydrogen-bond acceptors (Lipinski definition) is 5. The van der Waals surface area contributed by atoms with Crippen molar-refractivity contribution in [3.63, 3.8) is 0 Å². The number of piperidine rings is 1. The number of likely N-dealkylation sites (tertiary alicyclic amines) is 1. The Balaban J connectivity index is 1.38. The number of piperazine rings is 1. The Bertz CT molecular complexity index is 459. The summed E-state index contributed by atoms with van der Waals surface area (Å²) in [5.74, 6) is 0.472. The fourth-order valence-corrected chi connectivity index (χ4v) is 3.96. The zero-order chi connectivity index (χ0) is 17.6. The van der Waals surface area contributed by atoms with Gasteiger partial charge in [-0.1, -0.05) is 0 Å². The first kappa shape index (κ1) is 18.6. The molecule has 3 saturated heterocycles. The van der Waals surface area contributed by atoms with Gasteiger partial charge in [-0.3, -0.25) is 19.4 Å². The van der Waals surface area contributed by atoms with E-state index in [-0.39, 0.29) is 11.8 Å². The molecule has 2 amide bonds. The third-order valence-corrected chi connectivity index (χ3v) is 5.67. The first-order chi connectivity index (χ1) is 12.1. The Morgan fingerprint density at radius 2 is 1.44 bits per heavy atom. The minimum Gasteiger partial charge on any atom is -0.378 e. The number of nitrogens with zero attached hydrogens (tertiary/aromatic N) is 4. The lowest BCUT2D eigenvalue weighted by molar-refractivity contribution is -0.138. The summed E-state index contributed by atoms with van der Waals surface area (Å²) in [4.78, 5) is 33.3. The molecule has 3 fully saturated rings. The highest BCUT2D eigenvalue weighted by molar-refractivity contribution is 5.79. The van der Waals surface area contributed by atoms with Gasteiger partial charge in [0.2, 0.25) is 11.8 Å². The van der Waals surface area contributed by atoms with Crippen molar-refractivity contribution in [3.05, 3.63) is 0 Å². The van der Waals surface area contributed by atoms with Gasteiger partial charge < -0.3 is 14.5 Å². The summed E-state index contributed by atoms with van der Waals surface area (Å²) in [6.07, 6.45) is 3.50. The normalized spacial score (nSPS) is 26.7. The van der Waals surface area contributed by atoms with Crippen molar-refractivity contribution in [1.29, 1.82) is 0 Å². The van der Waals surface area contributed by atoms with Crippen LogP contribution in [0.3, 0.4) is 0 Å². The molecule has 7 heteroatoms. The van der Waals surface area contributed by atoms with Crippen LogP contribution in [-0.2, 0) is 14.3 Å². The standard InChI is InChI=1S/C18H32N4O3/c1-16-4-2-3-5-22(16)18(24)15-20-8-6-19(7-9-20)14-17(23)21-10-12-25-13-11-21/h16H,2-15H2,1H3. The molecule has 1 unspecified atom stereocenters. The van der Waals surface area contributed by atoms with Crippen LogP contribution in [0.1, 0.15) is 26.2 Å². The van der Waals surface area contributed by atoms with Crippen LogP contribution < -0.4 is 0 Å². The highest BCUT2D eigenvalue weighted by Gasteiger charge is 2.27. The van der Waals surface area contributed by atoms with Crippen molar-refractivity contribution in [3.8, 4) is 0 Å². The van der Waals surface area contributed by atoms with Crippen LogP contribution in [0.4, 0.5) is 0 Å². The second-order valence-corrected chi connectivity index (χ2v) is 7.48. The van der Waals surface area contributed by atoms with Gasteiger partial charge in [-0.2, -0.15) is 0 Å². The summed E-state index contributed by atoms with van der Waals surface area (Å²) >= 11 is 0. The topological polar surface area (TPSA) is 56.3 Å². The molecule has 142 valence electrons. The van der Waals surface area contributed by atoms with Gasteiger partial charge in [0.05, 0.1) is 26.3 Å². The van der Waals surface area contributed by atoms with E-state index >= 15 is 0 Å². The summed E-state index contributed by atoms with van der Waals surface area (Å²) in [5.41, 5.74) is 0. The molecule has 0 aromatic heterocycles. The van der Waals surface area contributed by atoms with Crippen LogP contribution in [0.2, 0.25) is 0 Å². The van der Waals surface area contributed by atoms with Crippen LogP contribution in [-0.4, -0.2) is 110 Å². The highest BCUT2D eigenvalue weighted by atomic mass is 16.5. The molecule has 0 radical (unpaired) electrons. The van der Waals surface area contributed by atoms with E-state index in [1.54, 1.807) is 0 Å². The molecule has 25 heavy (non-hydrogen) atoms. The molecule has 3 aliphatic rings. The van der Waals surface area contributed by atoms with Crippen LogP contribution in [0.15, 0.2) is 0 Å². The molecule has 0 aromatic rings. The maximum atomic E-state index is 12.5. The van der Waals surface area contributed by atoms with E-state index in [2.05, 4.69) is 21.6 Å². The first-order valence-electron chi connectivity index (χ1n) is 9.73. The average molecular weight is 352 g/mol. The van der Waals surface area contributed by atoms with Gasteiger partial charge in [-0.05, 0) is 26.2 Å². The molecule has 0 aromatic carbocycles. The van der Waals surface area contributed by atoms with E-state index in [1.165, 1.54) is 6.42 Å². The second-order valence-electron chi connectivity index (χ2n) is 7.48. The number of amides is 2. The third-order valence-electron chi connectivity index (χ3n) is 5.67. The molecule has 0 saturated carbocycles. The van der Waals surface area contributed by atoms with Gasteiger partial charge in [-0.25, -0.2) is 0 Å². The third kappa shape index (κ3) is 5.15. The van der Waals surface area contributed by atoms with Crippen molar-refractivity contribution in [1.82, 2.24) is 19.6 Å². The maximum Gasteiger partial charge on any atom is 0.236 e. The van der Waals surface area contributed by atoms with Gasteiger partial charge in [0.1, 0.15) is 0 Å². The van der Waals surface area contributed by atoms with E-state index in [0.29, 0.717) is 45.4 Å². The number of rotatable bonds is 4. The van der Waals surface area contributed by atoms with Crippen LogP contribution in [0, 0.1) is 0 Å². The van der Waals surface area contributed by atoms with Gasteiger partial charge in [0, 0.05) is 51.9 Å². The van der Waals surface area contributed by atoms with Crippen LogP contribution in [0.5, 0.6) is 0 Å². The smallest absolute Gasteiger partial charge is 0.236 e. The SMILES string of the molecule is CC1CCCCN1C(=O)CN1CCN(CC(=O)N2CCOCC2)CC1. The molecule has 0 aliphatic carbocycles. The molecular formula is C18H32N4O3. The lowest BCUT2D eigenvalue weighted by Gasteiger charge is -2.38. The number of ether oxygens (including phenoxy) is 1. The van der Waals surface area contributed by atoms with Gasteiger partial charge >= 0.3 is 0 Å². The fraction of sp³-hybridized carbons (Fsp3) is 0.889.